The number of carbonyl (C=O) groups is 2. The Morgan fingerprint density at radius 1 is 1.25 bits per heavy atom. The second kappa shape index (κ2) is 6.31. The maximum atomic E-state index is 12.1. The molecule has 0 aliphatic heterocycles. The van der Waals surface area contributed by atoms with Gasteiger partial charge in [-0.25, -0.2) is 4.79 Å². The van der Waals surface area contributed by atoms with E-state index in [2.05, 4.69) is 10.1 Å². The first-order chi connectivity index (χ1) is 9.63. The van der Waals surface area contributed by atoms with Crippen LogP contribution in [0.2, 0.25) is 0 Å². The van der Waals surface area contributed by atoms with Crippen LogP contribution in [0.15, 0.2) is 41.8 Å². The lowest BCUT2D eigenvalue weighted by Gasteiger charge is -2.12. The largest absolute Gasteiger partial charge is 0.465 e. The summed E-state index contributed by atoms with van der Waals surface area (Å²) in [4.78, 5) is 24.0. The first-order valence-corrected chi connectivity index (χ1v) is 6.78. The van der Waals surface area contributed by atoms with Crippen molar-refractivity contribution in [3.05, 3.63) is 52.2 Å². The van der Waals surface area contributed by atoms with E-state index in [0.29, 0.717) is 16.1 Å². The van der Waals surface area contributed by atoms with E-state index in [0.717, 1.165) is 0 Å². The summed E-state index contributed by atoms with van der Waals surface area (Å²) in [6, 6.07) is 9.88. The lowest BCUT2D eigenvalue weighted by Crippen LogP contribution is -2.28. The zero-order chi connectivity index (χ0) is 14.5. The quantitative estimate of drug-likeness (QED) is 0.846. The number of esters is 1. The Balaban J connectivity index is 2.13. The fourth-order valence-electron chi connectivity index (χ4n) is 1.68. The highest BCUT2D eigenvalue weighted by atomic mass is 32.1. The SMILES string of the molecule is COC(=O)c1sccc1NC(=O)[C@@H](N)c1ccccc1. The molecule has 3 N–H and O–H groups in total. The summed E-state index contributed by atoms with van der Waals surface area (Å²) in [6.07, 6.45) is 0. The van der Waals surface area contributed by atoms with E-state index in [4.69, 9.17) is 5.73 Å². The standard InChI is InChI=1S/C14H14N2O3S/c1-19-14(18)12-10(7-8-20-12)16-13(17)11(15)9-5-3-2-4-6-9/h2-8,11H,15H2,1H3,(H,16,17)/t11-/m0/s1. The molecule has 20 heavy (non-hydrogen) atoms. The molecule has 0 fully saturated rings. The summed E-state index contributed by atoms with van der Waals surface area (Å²) in [5.41, 5.74) is 7.01. The molecule has 0 unspecified atom stereocenters. The van der Waals surface area contributed by atoms with Gasteiger partial charge >= 0.3 is 5.97 Å². The number of carbonyl (C=O) groups excluding carboxylic acids is 2. The molecular formula is C14H14N2O3S. The second-order valence-electron chi connectivity index (χ2n) is 4.03. The zero-order valence-electron chi connectivity index (χ0n) is 10.8. The molecule has 5 nitrogen and oxygen atoms in total. The molecule has 1 amide bonds. The van der Waals surface area contributed by atoms with Crippen LogP contribution in [0.1, 0.15) is 21.3 Å². The van der Waals surface area contributed by atoms with Gasteiger partial charge in [0.05, 0.1) is 12.8 Å². The van der Waals surface area contributed by atoms with Crippen LogP contribution in [0.25, 0.3) is 0 Å². The summed E-state index contributed by atoms with van der Waals surface area (Å²) in [5, 5.41) is 4.35. The van der Waals surface area contributed by atoms with Crippen molar-refractivity contribution in [2.24, 2.45) is 5.73 Å². The van der Waals surface area contributed by atoms with Crippen molar-refractivity contribution in [2.75, 3.05) is 12.4 Å². The molecule has 0 aliphatic carbocycles. The summed E-state index contributed by atoms with van der Waals surface area (Å²) in [5.74, 6) is -0.858. The van der Waals surface area contributed by atoms with Crippen LogP contribution in [0, 0.1) is 0 Å². The summed E-state index contributed by atoms with van der Waals surface area (Å²) < 4.78 is 4.65. The summed E-state index contributed by atoms with van der Waals surface area (Å²) in [6.45, 7) is 0. The van der Waals surface area contributed by atoms with Crippen LogP contribution in [-0.4, -0.2) is 19.0 Å². The number of anilines is 1. The lowest BCUT2D eigenvalue weighted by molar-refractivity contribution is -0.117. The summed E-state index contributed by atoms with van der Waals surface area (Å²) in [7, 11) is 1.29. The lowest BCUT2D eigenvalue weighted by atomic mass is 10.1. The van der Waals surface area contributed by atoms with Crippen LogP contribution in [0.5, 0.6) is 0 Å². The number of hydrogen-bond donors (Lipinski definition) is 2. The van der Waals surface area contributed by atoms with Crippen LogP contribution >= 0.6 is 11.3 Å². The monoisotopic (exact) mass is 290 g/mol. The number of benzene rings is 1. The first-order valence-electron chi connectivity index (χ1n) is 5.90. The molecular weight excluding hydrogens is 276 g/mol. The Labute approximate surface area is 120 Å². The average molecular weight is 290 g/mol. The van der Waals surface area contributed by atoms with Crippen LogP contribution in [0.4, 0.5) is 5.69 Å². The molecule has 1 aromatic carbocycles. The van der Waals surface area contributed by atoms with E-state index in [-0.39, 0.29) is 5.91 Å². The van der Waals surface area contributed by atoms with E-state index >= 15 is 0 Å². The third-order valence-corrected chi connectivity index (χ3v) is 3.63. The number of thiophene rings is 1. The number of methoxy groups -OCH3 is 1. The maximum absolute atomic E-state index is 12.1. The number of amides is 1. The predicted octanol–water partition coefficient (Wildman–Crippen LogP) is 2.17. The van der Waals surface area contributed by atoms with Crippen LogP contribution in [-0.2, 0) is 9.53 Å². The molecule has 0 radical (unpaired) electrons. The van der Waals surface area contributed by atoms with E-state index in [1.54, 1.807) is 23.6 Å². The van der Waals surface area contributed by atoms with Crippen molar-refractivity contribution in [1.29, 1.82) is 0 Å². The van der Waals surface area contributed by atoms with Crippen molar-refractivity contribution >= 4 is 28.9 Å². The Morgan fingerprint density at radius 2 is 1.95 bits per heavy atom. The number of ether oxygens (including phenoxy) is 1. The van der Waals surface area contributed by atoms with Gasteiger partial charge in [0.25, 0.3) is 0 Å². The highest BCUT2D eigenvalue weighted by molar-refractivity contribution is 7.12. The highest BCUT2D eigenvalue weighted by Crippen LogP contribution is 2.24. The minimum absolute atomic E-state index is 0.348. The van der Waals surface area contributed by atoms with E-state index in [9.17, 15) is 9.59 Å². The second-order valence-corrected chi connectivity index (χ2v) is 4.95. The minimum Gasteiger partial charge on any atom is -0.465 e. The molecule has 0 saturated carbocycles. The average Bonchev–Trinajstić information content (AvgIpc) is 2.94. The maximum Gasteiger partial charge on any atom is 0.350 e. The van der Waals surface area contributed by atoms with Crippen LogP contribution < -0.4 is 11.1 Å². The van der Waals surface area contributed by atoms with Gasteiger partial charge in [0.1, 0.15) is 10.9 Å². The van der Waals surface area contributed by atoms with Crippen molar-refractivity contribution in [2.45, 2.75) is 6.04 Å². The third-order valence-electron chi connectivity index (χ3n) is 2.74. The Hall–Kier alpha value is -2.18. The molecule has 1 aromatic heterocycles. The number of nitrogens with one attached hydrogen (secondary N) is 1. The smallest absolute Gasteiger partial charge is 0.350 e. The van der Waals surface area contributed by atoms with Crippen LogP contribution in [0.3, 0.4) is 0 Å². The van der Waals surface area contributed by atoms with Crippen molar-refractivity contribution in [3.8, 4) is 0 Å². The van der Waals surface area contributed by atoms with Gasteiger partial charge in [0.2, 0.25) is 5.91 Å². The molecule has 0 saturated heterocycles. The van der Waals surface area contributed by atoms with Gasteiger partial charge in [-0.3, -0.25) is 4.79 Å². The van der Waals surface area contributed by atoms with E-state index in [1.807, 2.05) is 18.2 Å². The van der Waals surface area contributed by atoms with Crippen molar-refractivity contribution in [3.63, 3.8) is 0 Å². The number of rotatable bonds is 4. The molecule has 2 aromatic rings. The van der Waals surface area contributed by atoms with Gasteiger partial charge in [0, 0.05) is 0 Å². The Morgan fingerprint density at radius 3 is 2.60 bits per heavy atom. The summed E-state index contributed by atoms with van der Waals surface area (Å²) >= 11 is 1.20. The molecule has 1 heterocycles. The molecule has 1 atom stereocenters. The van der Waals surface area contributed by atoms with Gasteiger partial charge < -0.3 is 15.8 Å². The third kappa shape index (κ3) is 3.04. The molecule has 104 valence electrons. The minimum atomic E-state index is -0.790. The number of hydrogen-bond acceptors (Lipinski definition) is 5. The topological polar surface area (TPSA) is 81.4 Å². The van der Waals surface area contributed by atoms with Crippen molar-refractivity contribution < 1.29 is 14.3 Å². The highest BCUT2D eigenvalue weighted by Gasteiger charge is 2.20. The van der Waals surface area contributed by atoms with E-state index in [1.165, 1.54) is 18.4 Å². The predicted molar refractivity (Wildman–Crippen MR) is 77.7 cm³/mol. The number of nitrogens with two attached hydrogens (primary N) is 1. The normalized spacial score (nSPS) is 11.7. The zero-order valence-corrected chi connectivity index (χ0v) is 11.6. The molecule has 0 aliphatic rings. The van der Waals surface area contributed by atoms with Gasteiger partial charge in [-0.15, -0.1) is 11.3 Å². The fourth-order valence-corrected chi connectivity index (χ4v) is 2.45. The van der Waals surface area contributed by atoms with E-state index < -0.39 is 12.0 Å². The first kappa shape index (κ1) is 14.2. The van der Waals surface area contributed by atoms with Crippen molar-refractivity contribution in [1.82, 2.24) is 0 Å². The van der Waals surface area contributed by atoms with Gasteiger partial charge in [0.15, 0.2) is 0 Å². The fraction of sp³-hybridized carbons (Fsp3) is 0.143. The van der Waals surface area contributed by atoms with Gasteiger partial charge in [-0.05, 0) is 17.0 Å². The van der Waals surface area contributed by atoms with Gasteiger partial charge in [-0.2, -0.15) is 0 Å². The molecule has 2 rings (SSSR count). The molecule has 6 heteroatoms. The molecule has 0 bridgehead atoms. The Bertz CT molecular complexity index is 610. The molecule has 0 spiro atoms. The van der Waals surface area contributed by atoms with Gasteiger partial charge in [-0.1, -0.05) is 30.3 Å². The Kier molecular flexibility index (Phi) is 4.49.